The number of aryl methyl sites for hydroxylation is 1. The summed E-state index contributed by atoms with van der Waals surface area (Å²) in [6.45, 7) is 4.88. The van der Waals surface area contributed by atoms with E-state index in [1.807, 2.05) is 6.92 Å². The summed E-state index contributed by atoms with van der Waals surface area (Å²) in [6, 6.07) is 0. The smallest absolute Gasteiger partial charge is 0.185 e. The van der Waals surface area contributed by atoms with Crippen molar-refractivity contribution in [3.8, 4) is 0 Å². The van der Waals surface area contributed by atoms with Crippen molar-refractivity contribution >= 4 is 17.4 Å². The highest BCUT2D eigenvalue weighted by molar-refractivity contribution is 6.33. The number of aromatic nitrogens is 2. The van der Waals surface area contributed by atoms with Crippen LogP contribution in [0.3, 0.4) is 0 Å². The third kappa shape index (κ3) is 2.61. The molecule has 4 heteroatoms. The molecule has 3 nitrogen and oxygen atoms in total. The fourth-order valence-electron chi connectivity index (χ4n) is 2.94. The van der Waals surface area contributed by atoms with E-state index in [2.05, 4.69) is 12.0 Å². The van der Waals surface area contributed by atoms with Gasteiger partial charge in [0.05, 0.1) is 11.2 Å². The van der Waals surface area contributed by atoms with E-state index in [9.17, 15) is 4.79 Å². The Kier molecular flexibility index (Phi) is 4.44. The molecule has 1 heterocycles. The fraction of sp³-hybridized carbons (Fsp3) is 0.714. The number of Topliss-reactive ketones (excluding diaryl/α,β-unsaturated/α-hetero) is 1. The minimum Gasteiger partial charge on any atom is -0.292 e. The number of halogens is 1. The molecule has 1 aliphatic carbocycles. The van der Waals surface area contributed by atoms with E-state index in [0.29, 0.717) is 23.2 Å². The second-order valence-electron chi connectivity index (χ2n) is 5.16. The maximum Gasteiger partial charge on any atom is 0.185 e. The largest absolute Gasteiger partial charge is 0.292 e. The van der Waals surface area contributed by atoms with E-state index in [-0.39, 0.29) is 11.7 Å². The van der Waals surface area contributed by atoms with E-state index in [4.69, 9.17) is 11.6 Å². The molecule has 1 aromatic heterocycles. The van der Waals surface area contributed by atoms with Crippen LogP contribution in [0, 0.1) is 11.8 Å². The number of nitrogens with zero attached hydrogens (tertiary/aromatic N) is 2. The summed E-state index contributed by atoms with van der Waals surface area (Å²) in [5, 5.41) is 4.65. The van der Waals surface area contributed by atoms with Gasteiger partial charge in [0, 0.05) is 12.5 Å². The van der Waals surface area contributed by atoms with Gasteiger partial charge < -0.3 is 0 Å². The SMILES string of the molecule is CCC1CCCC(C(=O)c2c(Cl)cnn2CC)C1. The molecule has 0 radical (unpaired) electrons. The molecule has 2 unspecified atom stereocenters. The van der Waals surface area contributed by atoms with Gasteiger partial charge in [-0.15, -0.1) is 0 Å². The molecule has 1 aromatic rings. The van der Waals surface area contributed by atoms with Gasteiger partial charge in [-0.1, -0.05) is 37.8 Å². The number of ketones is 1. The molecule has 0 aliphatic heterocycles. The zero-order chi connectivity index (χ0) is 13.1. The lowest BCUT2D eigenvalue weighted by Crippen LogP contribution is -2.25. The maximum absolute atomic E-state index is 12.6. The first-order valence-corrected chi connectivity index (χ1v) is 7.30. The van der Waals surface area contributed by atoms with E-state index in [1.165, 1.54) is 12.8 Å². The predicted octanol–water partition coefficient (Wildman–Crippen LogP) is 3.96. The van der Waals surface area contributed by atoms with Crippen LogP contribution in [0.2, 0.25) is 5.02 Å². The van der Waals surface area contributed by atoms with Crippen molar-refractivity contribution in [2.75, 3.05) is 0 Å². The first kappa shape index (κ1) is 13.6. The van der Waals surface area contributed by atoms with Crippen LogP contribution < -0.4 is 0 Å². The molecule has 0 N–H and O–H groups in total. The highest BCUT2D eigenvalue weighted by atomic mass is 35.5. The molecule has 1 saturated carbocycles. The average Bonchev–Trinajstić information content (AvgIpc) is 2.79. The van der Waals surface area contributed by atoms with Crippen LogP contribution in [0.1, 0.15) is 56.4 Å². The minimum atomic E-state index is 0.142. The molecule has 0 saturated heterocycles. The van der Waals surface area contributed by atoms with Crippen molar-refractivity contribution in [3.63, 3.8) is 0 Å². The van der Waals surface area contributed by atoms with Crippen molar-refractivity contribution in [3.05, 3.63) is 16.9 Å². The Balaban J connectivity index is 2.17. The van der Waals surface area contributed by atoms with Gasteiger partial charge in [-0.25, -0.2) is 0 Å². The molecule has 2 atom stereocenters. The number of carbonyl (C=O) groups excluding carboxylic acids is 1. The normalized spacial score (nSPS) is 24.2. The van der Waals surface area contributed by atoms with Crippen LogP contribution in [0.15, 0.2) is 6.20 Å². The van der Waals surface area contributed by atoms with Crippen LogP contribution in [-0.4, -0.2) is 15.6 Å². The molecule has 100 valence electrons. The minimum absolute atomic E-state index is 0.142. The Bertz CT molecular complexity index is 427. The second kappa shape index (κ2) is 5.87. The van der Waals surface area contributed by atoms with Crippen LogP contribution in [-0.2, 0) is 6.54 Å². The van der Waals surface area contributed by atoms with E-state index >= 15 is 0 Å². The lowest BCUT2D eigenvalue weighted by molar-refractivity contribution is 0.0851. The van der Waals surface area contributed by atoms with Crippen LogP contribution in [0.5, 0.6) is 0 Å². The number of hydrogen-bond acceptors (Lipinski definition) is 2. The van der Waals surface area contributed by atoms with Crippen molar-refractivity contribution in [2.45, 2.75) is 52.5 Å². The van der Waals surface area contributed by atoms with Gasteiger partial charge in [-0.2, -0.15) is 5.10 Å². The molecule has 0 amide bonds. The Morgan fingerprint density at radius 2 is 2.28 bits per heavy atom. The molecule has 0 aromatic carbocycles. The van der Waals surface area contributed by atoms with E-state index in [0.717, 1.165) is 19.3 Å². The highest BCUT2D eigenvalue weighted by Gasteiger charge is 2.30. The van der Waals surface area contributed by atoms with Crippen LogP contribution >= 0.6 is 11.6 Å². The molecule has 0 bridgehead atoms. The number of carbonyl (C=O) groups is 1. The molecular formula is C14H21ClN2O. The zero-order valence-electron chi connectivity index (χ0n) is 11.2. The Morgan fingerprint density at radius 3 is 2.94 bits per heavy atom. The van der Waals surface area contributed by atoms with Crippen molar-refractivity contribution in [2.24, 2.45) is 11.8 Å². The molecule has 1 fully saturated rings. The first-order chi connectivity index (χ1) is 8.67. The van der Waals surface area contributed by atoms with E-state index in [1.54, 1.807) is 10.9 Å². The van der Waals surface area contributed by atoms with Gasteiger partial charge in [0.15, 0.2) is 5.78 Å². The van der Waals surface area contributed by atoms with E-state index < -0.39 is 0 Å². The quantitative estimate of drug-likeness (QED) is 0.775. The summed E-state index contributed by atoms with van der Waals surface area (Å²) in [4.78, 5) is 12.6. The van der Waals surface area contributed by atoms with Gasteiger partial charge in [-0.3, -0.25) is 9.48 Å². The summed E-state index contributed by atoms with van der Waals surface area (Å²) in [7, 11) is 0. The molecule has 18 heavy (non-hydrogen) atoms. The first-order valence-electron chi connectivity index (χ1n) is 6.92. The maximum atomic E-state index is 12.6. The number of hydrogen-bond donors (Lipinski definition) is 0. The molecule has 0 spiro atoms. The standard InChI is InChI=1S/C14H21ClN2O/c1-3-10-6-5-7-11(8-10)14(18)13-12(15)9-16-17(13)4-2/h9-11H,3-8H2,1-2H3. The van der Waals surface area contributed by atoms with Crippen LogP contribution in [0.4, 0.5) is 0 Å². The Morgan fingerprint density at radius 1 is 1.50 bits per heavy atom. The van der Waals surface area contributed by atoms with Gasteiger partial charge in [0.2, 0.25) is 0 Å². The lowest BCUT2D eigenvalue weighted by Gasteiger charge is -2.27. The van der Waals surface area contributed by atoms with Crippen molar-refractivity contribution in [1.82, 2.24) is 9.78 Å². The summed E-state index contributed by atoms with van der Waals surface area (Å²) in [5.41, 5.74) is 0.612. The van der Waals surface area contributed by atoms with Crippen molar-refractivity contribution < 1.29 is 4.79 Å². The lowest BCUT2D eigenvalue weighted by atomic mass is 9.77. The van der Waals surface area contributed by atoms with Gasteiger partial charge in [0.1, 0.15) is 5.69 Å². The fourth-order valence-corrected chi connectivity index (χ4v) is 3.17. The Labute approximate surface area is 114 Å². The molecule has 2 rings (SSSR count). The van der Waals surface area contributed by atoms with Gasteiger partial charge in [0.25, 0.3) is 0 Å². The summed E-state index contributed by atoms with van der Waals surface area (Å²) >= 11 is 6.10. The monoisotopic (exact) mass is 268 g/mol. The highest BCUT2D eigenvalue weighted by Crippen LogP contribution is 2.34. The second-order valence-corrected chi connectivity index (χ2v) is 5.57. The van der Waals surface area contributed by atoms with Crippen molar-refractivity contribution in [1.29, 1.82) is 0 Å². The zero-order valence-corrected chi connectivity index (χ0v) is 11.9. The predicted molar refractivity (Wildman–Crippen MR) is 73.0 cm³/mol. The third-order valence-corrected chi connectivity index (χ3v) is 4.34. The molecule has 1 aliphatic rings. The topological polar surface area (TPSA) is 34.9 Å². The van der Waals surface area contributed by atoms with Crippen LogP contribution in [0.25, 0.3) is 0 Å². The average molecular weight is 269 g/mol. The summed E-state index contributed by atoms with van der Waals surface area (Å²) in [6.07, 6.45) is 7.19. The Hall–Kier alpha value is -0.830. The van der Waals surface area contributed by atoms with Gasteiger partial charge in [-0.05, 0) is 25.7 Å². The van der Waals surface area contributed by atoms with Gasteiger partial charge >= 0.3 is 0 Å². The summed E-state index contributed by atoms with van der Waals surface area (Å²) in [5.74, 6) is 1.03. The summed E-state index contributed by atoms with van der Waals surface area (Å²) < 4.78 is 1.72. The third-order valence-electron chi connectivity index (χ3n) is 4.06. The number of rotatable bonds is 4. The molecular weight excluding hydrogens is 248 g/mol.